The monoisotopic (exact) mass is 351 g/mol. The van der Waals surface area contributed by atoms with Crippen LogP contribution in [0.1, 0.15) is 11.1 Å². The number of ether oxygens (including phenoxy) is 1. The van der Waals surface area contributed by atoms with Crippen molar-refractivity contribution in [2.45, 2.75) is 6.04 Å². The minimum absolute atomic E-state index is 0.149. The summed E-state index contributed by atoms with van der Waals surface area (Å²) in [5, 5.41) is 3.01. The number of amides is 1. The summed E-state index contributed by atoms with van der Waals surface area (Å²) in [6, 6.07) is 16.6. The zero-order valence-corrected chi connectivity index (χ0v) is 14.8. The van der Waals surface area contributed by atoms with E-state index >= 15 is 0 Å². The van der Waals surface area contributed by atoms with Gasteiger partial charge in [-0.05, 0) is 13.1 Å². The zero-order valence-electron chi connectivity index (χ0n) is 14.8. The van der Waals surface area contributed by atoms with Crippen molar-refractivity contribution in [3.05, 3.63) is 65.7 Å². The Kier molecular flexibility index (Phi) is 5.43. The van der Waals surface area contributed by atoms with E-state index in [1.807, 2.05) is 54.6 Å². The number of benzodiazepines with no additional fused rings is 1. The summed E-state index contributed by atoms with van der Waals surface area (Å²) in [4.78, 5) is 31.2. The van der Waals surface area contributed by atoms with E-state index in [4.69, 9.17) is 9.73 Å². The van der Waals surface area contributed by atoms with Gasteiger partial charge in [-0.3, -0.25) is 19.5 Å². The number of rotatable bonds is 5. The average Bonchev–Trinajstić information content (AvgIpc) is 2.79. The van der Waals surface area contributed by atoms with Crippen molar-refractivity contribution in [1.29, 1.82) is 0 Å². The molecule has 0 saturated heterocycles. The van der Waals surface area contributed by atoms with Crippen LogP contribution in [0.4, 0.5) is 5.69 Å². The molecule has 0 aromatic heterocycles. The summed E-state index contributed by atoms with van der Waals surface area (Å²) >= 11 is 0. The number of methoxy groups -OCH3 is 1. The Labute approximate surface area is 152 Å². The number of aliphatic imine (C=N–C) groups is 1. The zero-order chi connectivity index (χ0) is 18.5. The first-order valence-corrected chi connectivity index (χ1v) is 8.41. The molecule has 0 bridgehead atoms. The van der Waals surface area contributed by atoms with Crippen LogP contribution in [0.3, 0.4) is 0 Å². The van der Waals surface area contributed by atoms with Gasteiger partial charge < -0.3 is 10.1 Å². The topological polar surface area (TPSA) is 71.0 Å². The maximum atomic E-state index is 13.1. The highest BCUT2D eigenvalue weighted by atomic mass is 16.5. The molecule has 1 aliphatic rings. The molecule has 1 heterocycles. The quantitative estimate of drug-likeness (QED) is 0.831. The molecule has 1 N–H and O–H groups in total. The van der Waals surface area contributed by atoms with Crippen LogP contribution in [-0.2, 0) is 14.3 Å². The number of nitrogens with zero attached hydrogens (tertiary/aromatic N) is 2. The predicted molar refractivity (Wildman–Crippen MR) is 101 cm³/mol. The highest BCUT2D eigenvalue weighted by molar-refractivity contribution is 6.20. The summed E-state index contributed by atoms with van der Waals surface area (Å²) in [5.41, 5.74) is 3.13. The molecule has 1 unspecified atom stereocenters. The second-order valence-electron chi connectivity index (χ2n) is 5.93. The van der Waals surface area contributed by atoms with E-state index in [1.54, 1.807) is 7.05 Å². The van der Waals surface area contributed by atoms with Crippen LogP contribution in [0.5, 0.6) is 0 Å². The number of esters is 1. The second-order valence-corrected chi connectivity index (χ2v) is 5.93. The van der Waals surface area contributed by atoms with Crippen molar-refractivity contribution >= 4 is 23.3 Å². The molecule has 3 rings (SSSR count). The molecule has 0 aliphatic carbocycles. The van der Waals surface area contributed by atoms with E-state index < -0.39 is 12.0 Å². The van der Waals surface area contributed by atoms with Crippen LogP contribution >= 0.6 is 0 Å². The number of nitrogens with one attached hydrogen (secondary N) is 1. The Hall–Kier alpha value is -2.99. The summed E-state index contributed by atoms with van der Waals surface area (Å²) in [5.74, 6) is -0.706. The van der Waals surface area contributed by atoms with E-state index in [-0.39, 0.29) is 12.5 Å². The normalized spacial score (nSPS) is 16.5. The third kappa shape index (κ3) is 3.50. The van der Waals surface area contributed by atoms with Crippen LogP contribution in [-0.4, -0.2) is 50.9 Å². The number of para-hydroxylation sites is 1. The third-order valence-corrected chi connectivity index (χ3v) is 4.25. The first-order chi connectivity index (χ1) is 12.7. The molecular weight excluding hydrogens is 330 g/mol. The standard InChI is InChI=1S/C20H21N3O3/c1-21-12-16-20(25)23(13-18(24)26-2)17-11-7-6-10-15(17)19(22-16)14-8-4-3-5-9-14/h3-11,16,21H,12-13H2,1-2H3. The lowest BCUT2D eigenvalue weighted by Gasteiger charge is -2.24. The van der Waals surface area contributed by atoms with Crippen LogP contribution in [0, 0.1) is 0 Å². The fourth-order valence-electron chi connectivity index (χ4n) is 3.00. The van der Waals surface area contributed by atoms with E-state index in [9.17, 15) is 9.59 Å². The molecule has 1 atom stereocenters. The Bertz CT molecular complexity index is 833. The lowest BCUT2D eigenvalue weighted by molar-refractivity contribution is -0.140. The molecule has 26 heavy (non-hydrogen) atoms. The molecule has 1 amide bonds. The van der Waals surface area contributed by atoms with Crippen molar-refractivity contribution in [2.75, 3.05) is 32.1 Å². The number of benzene rings is 2. The SMILES string of the molecule is CNCC1N=C(c2ccccc2)c2ccccc2N(CC(=O)OC)C1=O. The van der Waals surface area contributed by atoms with Crippen LogP contribution in [0.2, 0.25) is 0 Å². The van der Waals surface area contributed by atoms with Crippen LogP contribution in [0.15, 0.2) is 59.6 Å². The Morgan fingerprint density at radius 2 is 1.85 bits per heavy atom. The van der Waals surface area contributed by atoms with Crippen LogP contribution in [0.25, 0.3) is 0 Å². The fraction of sp³-hybridized carbons (Fsp3) is 0.250. The minimum Gasteiger partial charge on any atom is -0.468 e. The van der Waals surface area contributed by atoms with Gasteiger partial charge in [-0.1, -0.05) is 48.5 Å². The molecule has 6 heteroatoms. The van der Waals surface area contributed by atoms with Gasteiger partial charge in [0.15, 0.2) is 0 Å². The van der Waals surface area contributed by atoms with Gasteiger partial charge in [0, 0.05) is 17.7 Å². The summed E-state index contributed by atoms with van der Waals surface area (Å²) in [6.45, 7) is 0.227. The number of fused-ring (bicyclic) bond motifs is 1. The van der Waals surface area contributed by atoms with Gasteiger partial charge in [0.1, 0.15) is 12.6 Å². The van der Waals surface area contributed by atoms with Crippen LogP contribution < -0.4 is 10.2 Å². The van der Waals surface area contributed by atoms with Gasteiger partial charge in [-0.25, -0.2) is 0 Å². The molecule has 0 spiro atoms. The van der Waals surface area contributed by atoms with Gasteiger partial charge in [0.2, 0.25) is 0 Å². The van der Waals surface area contributed by atoms with Crippen molar-refractivity contribution in [2.24, 2.45) is 4.99 Å². The van der Waals surface area contributed by atoms with Crippen molar-refractivity contribution < 1.29 is 14.3 Å². The number of carbonyl (C=O) groups is 2. The first-order valence-electron chi connectivity index (χ1n) is 8.41. The maximum Gasteiger partial charge on any atom is 0.325 e. The minimum atomic E-state index is -0.632. The number of hydrogen-bond acceptors (Lipinski definition) is 5. The molecule has 2 aromatic carbocycles. The predicted octanol–water partition coefficient (Wildman–Crippen LogP) is 1.63. The molecule has 0 saturated carbocycles. The molecule has 2 aromatic rings. The molecule has 0 fully saturated rings. The largest absolute Gasteiger partial charge is 0.468 e. The van der Waals surface area contributed by atoms with Gasteiger partial charge in [0.05, 0.1) is 18.5 Å². The number of likely N-dealkylation sites (N-methyl/N-ethyl adjacent to an activating group) is 1. The van der Waals surface area contributed by atoms with E-state index in [1.165, 1.54) is 12.0 Å². The average molecular weight is 351 g/mol. The summed E-state index contributed by atoms with van der Waals surface area (Å²) in [7, 11) is 3.08. The van der Waals surface area contributed by atoms with E-state index in [2.05, 4.69) is 5.32 Å². The lowest BCUT2D eigenvalue weighted by atomic mass is 10.0. The van der Waals surface area contributed by atoms with Crippen molar-refractivity contribution in [3.8, 4) is 0 Å². The Morgan fingerprint density at radius 3 is 2.54 bits per heavy atom. The molecule has 0 radical (unpaired) electrons. The number of hydrogen-bond donors (Lipinski definition) is 1. The van der Waals surface area contributed by atoms with Gasteiger partial charge in [-0.2, -0.15) is 0 Å². The summed E-state index contributed by atoms with van der Waals surface area (Å²) < 4.78 is 4.78. The smallest absolute Gasteiger partial charge is 0.325 e. The fourth-order valence-corrected chi connectivity index (χ4v) is 3.00. The summed E-state index contributed by atoms with van der Waals surface area (Å²) in [6.07, 6.45) is 0. The van der Waals surface area contributed by atoms with E-state index in [0.29, 0.717) is 12.2 Å². The van der Waals surface area contributed by atoms with Gasteiger partial charge in [-0.15, -0.1) is 0 Å². The third-order valence-electron chi connectivity index (χ3n) is 4.25. The van der Waals surface area contributed by atoms with Crippen molar-refractivity contribution in [1.82, 2.24) is 5.32 Å². The number of carbonyl (C=O) groups excluding carboxylic acids is 2. The number of anilines is 1. The first kappa shape index (κ1) is 17.8. The Morgan fingerprint density at radius 1 is 1.15 bits per heavy atom. The Balaban J connectivity index is 2.17. The van der Waals surface area contributed by atoms with Crippen molar-refractivity contribution in [3.63, 3.8) is 0 Å². The van der Waals surface area contributed by atoms with Gasteiger partial charge >= 0.3 is 5.97 Å². The maximum absolute atomic E-state index is 13.1. The van der Waals surface area contributed by atoms with E-state index in [0.717, 1.165) is 16.8 Å². The lowest BCUT2D eigenvalue weighted by Crippen LogP contribution is -2.44. The highest BCUT2D eigenvalue weighted by Gasteiger charge is 2.32. The van der Waals surface area contributed by atoms with Gasteiger partial charge in [0.25, 0.3) is 5.91 Å². The molecule has 6 nitrogen and oxygen atoms in total. The molecule has 1 aliphatic heterocycles. The highest BCUT2D eigenvalue weighted by Crippen LogP contribution is 2.28. The second kappa shape index (κ2) is 7.93. The molecule has 134 valence electrons. The molecular formula is C20H21N3O3.